The number of unbranched alkanes of at least 4 members (excludes halogenated alkanes) is 1. The summed E-state index contributed by atoms with van der Waals surface area (Å²) in [6.45, 7) is 2.31. The van der Waals surface area contributed by atoms with Crippen molar-refractivity contribution in [1.82, 2.24) is 9.47 Å². The van der Waals surface area contributed by atoms with Crippen molar-refractivity contribution in [2.24, 2.45) is 0 Å². The number of hydrogen-bond donors (Lipinski definition) is 0. The molecule has 5 aromatic rings. The van der Waals surface area contributed by atoms with Gasteiger partial charge >= 0.3 is 5.97 Å². The number of carbonyl (C=O) groups is 2. The zero-order valence-corrected chi connectivity index (χ0v) is 28.1. The van der Waals surface area contributed by atoms with E-state index in [1.165, 1.54) is 15.8 Å². The van der Waals surface area contributed by atoms with Crippen LogP contribution >= 0.6 is 32.9 Å². The van der Waals surface area contributed by atoms with E-state index in [1.54, 1.807) is 20.7 Å². The quantitative estimate of drug-likeness (QED) is 0.0609. The van der Waals surface area contributed by atoms with Crippen molar-refractivity contribution < 1.29 is 19.1 Å². The molecule has 1 amide bonds. The van der Waals surface area contributed by atoms with Gasteiger partial charge in [0.05, 0.1) is 30.2 Å². The van der Waals surface area contributed by atoms with Gasteiger partial charge in [-0.25, -0.2) is 0 Å². The average molecular weight is 670 g/mol. The molecule has 3 aromatic carbocycles. The SMILES string of the molecule is CN1c2ccccc2C(=O)N2CCc3c(n(CCCC(=O)OCCCCOc4ccc(-c5cc(=S)ss5)cc4)c4ccccc34)C21. The molecule has 46 heavy (non-hydrogen) atoms. The lowest BCUT2D eigenvalue weighted by Crippen LogP contribution is -2.51. The lowest BCUT2D eigenvalue weighted by Gasteiger charge is -2.46. The number of benzene rings is 3. The van der Waals surface area contributed by atoms with E-state index in [9.17, 15) is 9.59 Å². The van der Waals surface area contributed by atoms with Crippen LogP contribution in [0.15, 0.2) is 78.9 Å². The van der Waals surface area contributed by atoms with Gasteiger partial charge in [0.15, 0.2) is 0 Å². The minimum absolute atomic E-state index is 0.0780. The molecule has 0 spiro atoms. The highest BCUT2D eigenvalue weighted by atomic mass is 32.9. The first-order valence-corrected chi connectivity index (χ1v) is 18.3. The number of aromatic nitrogens is 1. The second-order valence-electron chi connectivity index (χ2n) is 11.7. The van der Waals surface area contributed by atoms with Crippen LogP contribution in [0.25, 0.3) is 21.3 Å². The molecule has 2 aliphatic heterocycles. The molecule has 0 fully saturated rings. The second-order valence-corrected chi connectivity index (χ2v) is 14.6. The molecular formula is C36H35N3O4S3. The number of aryl methyl sites for hydroxylation is 1. The van der Waals surface area contributed by atoms with Crippen molar-refractivity contribution in [3.05, 3.63) is 99.5 Å². The van der Waals surface area contributed by atoms with Crippen LogP contribution in [0.1, 0.15) is 53.5 Å². The summed E-state index contributed by atoms with van der Waals surface area (Å²) in [5, 5.41) is 1.23. The fourth-order valence-corrected chi connectivity index (χ4v) is 9.07. The summed E-state index contributed by atoms with van der Waals surface area (Å²) in [6.07, 6.45) is 3.17. The Hall–Kier alpha value is -3.99. The van der Waals surface area contributed by atoms with E-state index in [1.807, 2.05) is 47.4 Å². The van der Waals surface area contributed by atoms with Crippen molar-refractivity contribution in [1.29, 1.82) is 0 Å². The van der Waals surface area contributed by atoms with Gasteiger partial charge in [-0.05, 0) is 85.3 Å². The average Bonchev–Trinajstić information content (AvgIpc) is 3.66. The van der Waals surface area contributed by atoms with Crippen LogP contribution in [-0.2, 0) is 22.5 Å². The minimum atomic E-state index is -0.188. The molecule has 7 rings (SSSR count). The fourth-order valence-electron chi connectivity index (χ4n) is 6.67. The monoisotopic (exact) mass is 669 g/mol. The third-order valence-electron chi connectivity index (χ3n) is 8.84. The molecule has 0 aliphatic carbocycles. The van der Waals surface area contributed by atoms with Crippen LogP contribution in [0.5, 0.6) is 5.75 Å². The standard InChI is InChI=1S/C36H35N3O4S3/c1-37-29-11-4-3-10-28(29)36(41)39-20-18-27-26-9-2-5-12-30(26)38(34(27)35(37)39)19-8-13-32(40)43-22-7-6-21-42-25-16-14-24(15-17-25)31-23-33(44)46-45-31/h2-5,9-12,14-17,23,35H,6-8,13,18-22H2,1H3. The number of anilines is 1. The van der Waals surface area contributed by atoms with Crippen molar-refractivity contribution in [2.45, 2.75) is 44.8 Å². The maximum absolute atomic E-state index is 13.6. The number of ether oxygens (including phenoxy) is 2. The van der Waals surface area contributed by atoms with E-state index in [2.05, 4.69) is 52.9 Å². The molecule has 236 valence electrons. The van der Waals surface area contributed by atoms with E-state index >= 15 is 0 Å². The third-order valence-corrected chi connectivity index (χ3v) is 11.7. The van der Waals surface area contributed by atoms with Crippen molar-refractivity contribution in [2.75, 3.05) is 31.7 Å². The topological polar surface area (TPSA) is 64.0 Å². The first-order valence-electron chi connectivity index (χ1n) is 15.7. The zero-order chi connectivity index (χ0) is 31.6. The third kappa shape index (κ3) is 5.97. The van der Waals surface area contributed by atoms with Gasteiger partial charge in [0.25, 0.3) is 5.91 Å². The normalized spacial score (nSPS) is 15.4. The first-order chi connectivity index (χ1) is 22.5. The van der Waals surface area contributed by atoms with Crippen LogP contribution in [0.3, 0.4) is 0 Å². The summed E-state index contributed by atoms with van der Waals surface area (Å²) < 4.78 is 14.7. The van der Waals surface area contributed by atoms with E-state index in [4.69, 9.17) is 21.7 Å². The molecule has 0 bridgehead atoms. The Morgan fingerprint density at radius 1 is 0.957 bits per heavy atom. The fraction of sp³-hybridized carbons (Fsp3) is 0.306. The molecule has 2 aliphatic rings. The van der Waals surface area contributed by atoms with Crippen LogP contribution in [0.2, 0.25) is 0 Å². The number of nitrogens with zero attached hydrogens (tertiary/aromatic N) is 3. The predicted octanol–water partition coefficient (Wildman–Crippen LogP) is 8.49. The summed E-state index contributed by atoms with van der Waals surface area (Å²) in [7, 11) is 5.37. The van der Waals surface area contributed by atoms with E-state index in [-0.39, 0.29) is 18.0 Å². The van der Waals surface area contributed by atoms with E-state index < -0.39 is 0 Å². The first kappa shape index (κ1) is 30.7. The Bertz CT molecular complexity index is 1940. The molecule has 7 nitrogen and oxygen atoms in total. The number of rotatable bonds is 11. The van der Waals surface area contributed by atoms with Gasteiger partial charge in [-0.15, -0.1) is 0 Å². The molecular weight excluding hydrogens is 635 g/mol. The van der Waals surface area contributed by atoms with Gasteiger partial charge in [-0.2, -0.15) is 0 Å². The largest absolute Gasteiger partial charge is 0.494 e. The Morgan fingerprint density at radius 2 is 1.74 bits per heavy atom. The lowest BCUT2D eigenvalue weighted by atomic mass is 9.96. The summed E-state index contributed by atoms with van der Waals surface area (Å²) >= 11 is 5.23. The highest BCUT2D eigenvalue weighted by Crippen LogP contribution is 2.44. The highest BCUT2D eigenvalue weighted by molar-refractivity contribution is 7.80. The maximum atomic E-state index is 13.6. The summed E-state index contributed by atoms with van der Waals surface area (Å²) in [5.74, 6) is 0.726. The lowest BCUT2D eigenvalue weighted by molar-refractivity contribution is -0.144. The van der Waals surface area contributed by atoms with Crippen molar-refractivity contribution >= 4 is 61.4 Å². The maximum Gasteiger partial charge on any atom is 0.305 e. The van der Waals surface area contributed by atoms with Gasteiger partial charge in [-0.3, -0.25) is 9.59 Å². The van der Waals surface area contributed by atoms with E-state index in [0.717, 1.165) is 56.9 Å². The molecule has 1 unspecified atom stereocenters. The molecule has 0 radical (unpaired) electrons. The number of fused-ring (bicyclic) bond motifs is 6. The van der Waals surface area contributed by atoms with Crippen molar-refractivity contribution in [3.8, 4) is 16.2 Å². The summed E-state index contributed by atoms with van der Waals surface area (Å²) in [5.41, 5.74) is 6.44. The highest BCUT2D eigenvalue weighted by Gasteiger charge is 2.42. The van der Waals surface area contributed by atoms with Gasteiger partial charge < -0.3 is 23.8 Å². The van der Waals surface area contributed by atoms with Crippen LogP contribution < -0.4 is 9.64 Å². The van der Waals surface area contributed by atoms with Gasteiger partial charge in [-0.1, -0.05) is 63.2 Å². The smallest absolute Gasteiger partial charge is 0.305 e. The molecule has 0 saturated heterocycles. The molecule has 0 saturated carbocycles. The number of amides is 1. The van der Waals surface area contributed by atoms with Crippen LogP contribution in [0, 0.1) is 3.82 Å². The molecule has 2 aromatic heterocycles. The molecule has 1 atom stereocenters. The Morgan fingerprint density at radius 3 is 2.57 bits per heavy atom. The Balaban J connectivity index is 0.922. The van der Waals surface area contributed by atoms with E-state index in [0.29, 0.717) is 39.1 Å². The number of carbonyl (C=O) groups excluding carboxylic acids is 2. The molecule has 10 heteroatoms. The van der Waals surface area contributed by atoms with Gasteiger partial charge in [0.2, 0.25) is 0 Å². The van der Waals surface area contributed by atoms with Crippen LogP contribution in [0.4, 0.5) is 5.69 Å². The van der Waals surface area contributed by atoms with Crippen molar-refractivity contribution in [3.63, 3.8) is 0 Å². The predicted molar refractivity (Wildman–Crippen MR) is 188 cm³/mol. The second kappa shape index (κ2) is 13.4. The molecule has 0 N–H and O–H groups in total. The van der Waals surface area contributed by atoms with Gasteiger partial charge in [0.1, 0.15) is 15.7 Å². The number of para-hydroxylation sites is 2. The zero-order valence-electron chi connectivity index (χ0n) is 25.6. The minimum Gasteiger partial charge on any atom is -0.494 e. The Kier molecular flexibility index (Phi) is 8.93. The summed E-state index contributed by atoms with van der Waals surface area (Å²) in [4.78, 5) is 31.6. The van der Waals surface area contributed by atoms with Gasteiger partial charge in [0, 0.05) is 42.3 Å². The number of hydrogen-bond acceptors (Lipinski definition) is 8. The Labute approximate surface area is 281 Å². The number of esters is 1. The van der Waals surface area contributed by atoms with Crippen LogP contribution in [-0.4, -0.2) is 48.1 Å². The summed E-state index contributed by atoms with van der Waals surface area (Å²) in [6, 6.07) is 26.4. The molecule has 4 heterocycles.